The standard InChI is InChI=1S/C21H26N2O3S/c1-14(2)8-9-23-13-18-11-17(10-15(3)20(18)21(23)24)16-6-5-7-19(12-16)22-27(4,25)26/h5-7,10-12,14,22H,8-9,13H2,1-4H3. The number of hydrogen-bond acceptors (Lipinski definition) is 3. The average molecular weight is 387 g/mol. The largest absolute Gasteiger partial charge is 0.334 e. The molecular formula is C21H26N2O3S. The summed E-state index contributed by atoms with van der Waals surface area (Å²) >= 11 is 0. The predicted molar refractivity (Wildman–Crippen MR) is 109 cm³/mol. The van der Waals surface area contributed by atoms with Gasteiger partial charge in [-0.05, 0) is 59.7 Å². The summed E-state index contributed by atoms with van der Waals surface area (Å²) in [7, 11) is -3.32. The smallest absolute Gasteiger partial charge is 0.254 e. The van der Waals surface area contributed by atoms with Gasteiger partial charge in [-0.25, -0.2) is 8.42 Å². The molecule has 0 spiro atoms. The van der Waals surface area contributed by atoms with Crippen molar-refractivity contribution >= 4 is 21.6 Å². The molecule has 0 fully saturated rings. The quantitative estimate of drug-likeness (QED) is 0.815. The molecule has 0 aliphatic carbocycles. The van der Waals surface area contributed by atoms with Crippen molar-refractivity contribution in [1.29, 1.82) is 0 Å². The van der Waals surface area contributed by atoms with Crippen LogP contribution in [0.4, 0.5) is 5.69 Å². The van der Waals surface area contributed by atoms with E-state index in [9.17, 15) is 13.2 Å². The van der Waals surface area contributed by atoms with Gasteiger partial charge in [-0.15, -0.1) is 0 Å². The first-order valence-electron chi connectivity index (χ1n) is 9.15. The average Bonchev–Trinajstić information content (AvgIpc) is 2.88. The number of rotatable bonds is 6. The minimum atomic E-state index is -3.32. The van der Waals surface area contributed by atoms with Crippen molar-refractivity contribution in [2.45, 2.75) is 33.7 Å². The lowest BCUT2D eigenvalue weighted by atomic mass is 9.96. The van der Waals surface area contributed by atoms with Crippen LogP contribution >= 0.6 is 0 Å². The van der Waals surface area contributed by atoms with Crippen LogP contribution in [-0.2, 0) is 16.6 Å². The highest BCUT2D eigenvalue weighted by atomic mass is 32.2. The molecule has 0 unspecified atom stereocenters. The maximum atomic E-state index is 12.7. The van der Waals surface area contributed by atoms with Gasteiger partial charge in [0.25, 0.3) is 5.91 Å². The van der Waals surface area contributed by atoms with E-state index < -0.39 is 10.0 Å². The molecule has 27 heavy (non-hydrogen) atoms. The van der Waals surface area contributed by atoms with Gasteiger partial charge < -0.3 is 4.90 Å². The molecule has 5 nitrogen and oxygen atoms in total. The van der Waals surface area contributed by atoms with Crippen LogP contribution in [0, 0.1) is 12.8 Å². The van der Waals surface area contributed by atoms with Gasteiger partial charge in [0.05, 0.1) is 6.26 Å². The molecule has 1 aliphatic heterocycles. The van der Waals surface area contributed by atoms with E-state index in [1.165, 1.54) is 0 Å². The topological polar surface area (TPSA) is 66.5 Å². The summed E-state index contributed by atoms with van der Waals surface area (Å²) in [5.74, 6) is 0.672. The summed E-state index contributed by atoms with van der Waals surface area (Å²) in [4.78, 5) is 14.7. The van der Waals surface area contributed by atoms with Gasteiger partial charge in [0.1, 0.15) is 0 Å². The first-order chi connectivity index (χ1) is 12.6. The van der Waals surface area contributed by atoms with Gasteiger partial charge in [-0.3, -0.25) is 9.52 Å². The highest BCUT2D eigenvalue weighted by molar-refractivity contribution is 7.92. The second-order valence-electron chi connectivity index (χ2n) is 7.69. The molecule has 1 N–H and O–H groups in total. The van der Waals surface area contributed by atoms with E-state index in [0.29, 0.717) is 18.2 Å². The molecule has 0 atom stereocenters. The second-order valence-corrected chi connectivity index (χ2v) is 9.44. The Morgan fingerprint density at radius 2 is 1.89 bits per heavy atom. The monoisotopic (exact) mass is 386 g/mol. The van der Waals surface area contributed by atoms with Gasteiger partial charge >= 0.3 is 0 Å². The number of fused-ring (bicyclic) bond motifs is 1. The highest BCUT2D eigenvalue weighted by Gasteiger charge is 2.29. The summed E-state index contributed by atoms with van der Waals surface area (Å²) in [6, 6.07) is 11.4. The van der Waals surface area contributed by atoms with Crippen LogP contribution in [0.15, 0.2) is 36.4 Å². The second kappa shape index (κ2) is 7.35. The lowest BCUT2D eigenvalue weighted by molar-refractivity contribution is 0.0771. The number of carbonyl (C=O) groups excluding carboxylic acids is 1. The Balaban J connectivity index is 1.91. The molecular weight excluding hydrogens is 360 g/mol. The molecule has 6 heteroatoms. The molecule has 0 bridgehead atoms. The van der Waals surface area contributed by atoms with Crippen LogP contribution < -0.4 is 4.72 Å². The zero-order valence-electron chi connectivity index (χ0n) is 16.2. The fraction of sp³-hybridized carbons (Fsp3) is 0.381. The minimum Gasteiger partial charge on any atom is -0.334 e. The van der Waals surface area contributed by atoms with Crippen molar-refractivity contribution in [2.75, 3.05) is 17.5 Å². The number of carbonyl (C=O) groups is 1. The normalized spacial score (nSPS) is 14.0. The van der Waals surface area contributed by atoms with Gasteiger partial charge in [0.15, 0.2) is 0 Å². The molecule has 1 amide bonds. The number of benzene rings is 2. The molecule has 3 rings (SSSR count). The van der Waals surface area contributed by atoms with Crippen LogP contribution in [0.2, 0.25) is 0 Å². The van der Waals surface area contributed by atoms with Gasteiger partial charge in [-0.1, -0.05) is 32.0 Å². The van der Waals surface area contributed by atoms with E-state index in [2.05, 4.69) is 24.6 Å². The summed E-state index contributed by atoms with van der Waals surface area (Å²) in [6.45, 7) is 7.69. The maximum absolute atomic E-state index is 12.7. The number of nitrogens with one attached hydrogen (secondary N) is 1. The van der Waals surface area contributed by atoms with E-state index in [1.807, 2.05) is 36.1 Å². The Labute approximate surface area is 161 Å². The van der Waals surface area contributed by atoms with E-state index in [0.717, 1.165) is 47.0 Å². The Morgan fingerprint density at radius 3 is 2.56 bits per heavy atom. The lowest BCUT2D eigenvalue weighted by Crippen LogP contribution is -2.26. The summed E-state index contributed by atoms with van der Waals surface area (Å²) in [5, 5.41) is 0. The minimum absolute atomic E-state index is 0.113. The molecule has 0 saturated carbocycles. The zero-order chi connectivity index (χ0) is 19.8. The van der Waals surface area contributed by atoms with Crippen LogP contribution in [0.5, 0.6) is 0 Å². The molecule has 0 aromatic heterocycles. The Morgan fingerprint density at radius 1 is 1.15 bits per heavy atom. The number of hydrogen-bond donors (Lipinski definition) is 1. The third kappa shape index (κ3) is 4.50. The van der Waals surface area contributed by atoms with Crippen molar-refractivity contribution in [3.8, 4) is 11.1 Å². The van der Waals surface area contributed by atoms with Crippen LogP contribution in [0.25, 0.3) is 11.1 Å². The van der Waals surface area contributed by atoms with Crippen molar-refractivity contribution in [1.82, 2.24) is 4.90 Å². The number of anilines is 1. The highest BCUT2D eigenvalue weighted by Crippen LogP contribution is 2.32. The van der Waals surface area contributed by atoms with E-state index >= 15 is 0 Å². The zero-order valence-corrected chi connectivity index (χ0v) is 17.1. The fourth-order valence-corrected chi connectivity index (χ4v) is 4.02. The predicted octanol–water partition coefficient (Wildman–Crippen LogP) is 4.04. The van der Waals surface area contributed by atoms with Crippen LogP contribution in [-0.4, -0.2) is 32.0 Å². The number of amides is 1. The molecule has 0 saturated heterocycles. The number of aryl methyl sites for hydroxylation is 1. The van der Waals surface area contributed by atoms with Crippen molar-refractivity contribution in [3.05, 3.63) is 53.1 Å². The van der Waals surface area contributed by atoms with Crippen molar-refractivity contribution < 1.29 is 13.2 Å². The van der Waals surface area contributed by atoms with E-state index in [-0.39, 0.29) is 5.91 Å². The van der Waals surface area contributed by atoms with Crippen LogP contribution in [0.3, 0.4) is 0 Å². The maximum Gasteiger partial charge on any atom is 0.254 e. The Bertz CT molecular complexity index is 981. The van der Waals surface area contributed by atoms with Crippen molar-refractivity contribution in [2.24, 2.45) is 5.92 Å². The Kier molecular flexibility index (Phi) is 5.29. The van der Waals surface area contributed by atoms with E-state index in [1.54, 1.807) is 6.07 Å². The molecule has 1 heterocycles. The van der Waals surface area contributed by atoms with Crippen LogP contribution in [0.1, 0.15) is 41.8 Å². The van der Waals surface area contributed by atoms with Gasteiger partial charge in [0, 0.05) is 24.3 Å². The lowest BCUT2D eigenvalue weighted by Gasteiger charge is -2.16. The SMILES string of the molecule is Cc1cc(-c2cccc(NS(C)(=O)=O)c2)cc2c1C(=O)N(CCC(C)C)C2. The molecule has 0 radical (unpaired) electrons. The third-order valence-corrected chi connectivity index (χ3v) is 5.36. The summed E-state index contributed by atoms with van der Waals surface area (Å²) < 4.78 is 25.5. The van der Waals surface area contributed by atoms with Gasteiger partial charge in [-0.2, -0.15) is 0 Å². The van der Waals surface area contributed by atoms with Crippen molar-refractivity contribution in [3.63, 3.8) is 0 Å². The molecule has 144 valence electrons. The Hall–Kier alpha value is -2.34. The van der Waals surface area contributed by atoms with Gasteiger partial charge in [0.2, 0.25) is 10.0 Å². The first-order valence-corrected chi connectivity index (χ1v) is 11.0. The fourth-order valence-electron chi connectivity index (χ4n) is 3.46. The molecule has 1 aliphatic rings. The molecule has 2 aromatic rings. The number of nitrogens with zero attached hydrogens (tertiary/aromatic N) is 1. The first kappa shape index (κ1) is 19.4. The summed E-state index contributed by atoms with van der Waals surface area (Å²) in [5.41, 5.74) is 5.25. The summed E-state index contributed by atoms with van der Waals surface area (Å²) in [6.07, 6.45) is 2.13. The number of sulfonamides is 1. The van der Waals surface area contributed by atoms with E-state index in [4.69, 9.17) is 0 Å². The molecule has 2 aromatic carbocycles. The third-order valence-electron chi connectivity index (χ3n) is 4.75.